The molecule has 0 fully saturated rings. The molecular weight excluding hydrogens is 495 g/mol. The minimum Gasteiger partial charge on any atom is -0.335 e. The van der Waals surface area contributed by atoms with E-state index in [9.17, 15) is 12.8 Å². The van der Waals surface area contributed by atoms with Gasteiger partial charge in [0.25, 0.3) is 0 Å². The number of pyridine rings is 2. The maximum Gasteiger partial charge on any atom is 0.181 e. The number of H-pyrrole nitrogens is 2. The zero-order valence-electron chi connectivity index (χ0n) is 19.5. The van der Waals surface area contributed by atoms with Crippen molar-refractivity contribution < 1.29 is 12.8 Å². The van der Waals surface area contributed by atoms with E-state index in [0.717, 1.165) is 22.8 Å². The molecule has 0 aliphatic carbocycles. The van der Waals surface area contributed by atoms with Crippen molar-refractivity contribution in [2.75, 3.05) is 12.0 Å². The summed E-state index contributed by atoms with van der Waals surface area (Å²) in [5.74, 6) is -0.0170. The monoisotopic (exact) mass is 514 g/mol. The van der Waals surface area contributed by atoms with Crippen LogP contribution in [0.4, 0.5) is 4.39 Å². The molecule has 184 valence electrons. The van der Waals surface area contributed by atoms with Gasteiger partial charge in [0.05, 0.1) is 16.7 Å². The van der Waals surface area contributed by atoms with E-state index in [0.29, 0.717) is 45.0 Å². The van der Waals surface area contributed by atoms with E-state index in [1.54, 1.807) is 36.9 Å². The normalized spacial score (nSPS) is 11.9. The SMILES string of the molecule is CS(=O)(=O)CCc1cc(F)cc(-c2ccnc3nc(-c4[nH]nc5ncc(-c6cncnc6)cc45)[nH]c23)c1. The summed E-state index contributed by atoms with van der Waals surface area (Å²) >= 11 is 0. The quantitative estimate of drug-likeness (QED) is 0.342. The highest BCUT2D eigenvalue weighted by Crippen LogP contribution is 2.32. The van der Waals surface area contributed by atoms with E-state index in [-0.39, 0.29) is 12.2 Å². The summed E-state index contributed by atoms with van der Waals surface area (Å²) in [5, 5.41) is 8.04. The molecule has 10 nitrogen and oxygen atoms in total. The van der Waals surface area contributed by atoms with Crippen molar-refractivity contribution in [3.63, 3.8) is 0 Å². The average Bonchev–Trinajstić information content (AvgIpc) is 3.51. The lowest BCUT2D eigenvalue weighted by Gasteiger charge is -2.07. The van der Waals surface area contributed by atoms with Crippen LogP contribution < -0.4 is 0 Å². The number of rotatable bonds is 6. The average molecular weight is 515 g/mol. The maximum atomic E-state index is 14.5. The van der Waals surface area contributed by atoms with E-state index in [1.165, 1.54) is 18.5 Å². The van der Waals surface area contributed by atoms with Crippen molar-refractivity contribution in [3.8, 4) is 33.8 Å². The number of fused-ring (bicyclic) bond motifs is 2. The van der Waals surface area contributed by atoms with E-state index in [2.05, 4.69) is 40.1 Å². The number of nitrogens with zero attached hydrogens (tertiary/aromatic N) is 6. The number of aromatic nitrogens is 8. The van der Waals surface area contributed by atoms with Crippen molar-refractivity contribution in [2.24, 2.45) is 0 Å². The van der Waals surface area contributed by atoms with Gasteiger partial charge in [-0.15, -0.1) is 0 Å². The Kier molecular flexibility index (Phi) is 5.45. The first-order valence-corrected chi connectivity index (χ1v) is 13.3. The number of halogens is 1. The molecule has 0 aliphatic rings. The minimum atomic E-state index is -3.18. The third-order valence-corrected chi connectivity index (χ3v) is 6.91. The number of imidazole rings is 1. The van der Waals surface area contributed by atoms with Gasteiger partial charge in [0.1, 0.15) is 27.7 Å². The molecule has 0 spiro atoms. The van der Waals surface area contributed by atoms with Crippen LogP contribution in [0, 0.1) is 5.82 Å². The predicted octanol–water partition coefficient (Wildman–Crippen LogP) is 3.75. The van der Waals surface area contributed by atoms with Gasteiger partial charge in [0, 0.05) is 47.7 Å². The van der Waals surface area contributed by atoms with Crippen LogP contribution in [0.25, 0.3) is 56.0 Å². The van der Waals surface area contributed by atoms with Crippen LogP contribution in [0.2, 0.25) is 0 Å². The summed E-state index contributed by atoms with van der Waals surface area (Å²) < 4.78 is 37.7. The highest BCUT2D eigenvalue weighted by atomic mass is 32.2. The van der Waals surface area contributed by atoms with Crippen LogP contribution >= 0.6 is 0 Å². The molecule has 0 unspecified atom stereocenters. The smallest absolute Gasteiger partial charge is 0.181 e. The van der Waals surface area contributed by atoms with Gasteiger partial charge in [-0.2, -0.15) is 5.10 Å². The fourth-order valence-electron chi connectivity index (χ4n) is 4.21. The Labute approximate surface area is 210 Å². The number of sulfone groups is 1. The minimum absolute atomic E-state index is 0.0616. The number of aryl methyl sites for hydroxylation is 1. The number of hydrogen-bond donors (Lipinski definition) is 2. The second-order valence-electron chi connectivity index (χ2n) is 8.69. The number of nitrogens with one attached hydrogen (secondary N) is 2. The highest BCUT2D eigenvalue weighted by molar-refractivity contribution is 7.90. The van der Waals surface area contributed by atoms with Crippen molar-refractivity contribution in [2.45, 2.75) is 6.42 Å². The summed E-state index contributed by atoms with van der Waals surface area (Å²) in [4.78, 5) is 24.9. The first kappa shape index (κ1) is 22.9. The summed E-state index contributed by atoms with van der Waals surface area (Å²) in [5.41, 5.74) is 5.71. The van der Waals surface area contributed by atoms with Crippen molar-refractivity contribution >= 4 is 32.0 Å². The largest absolute Gasteiger partial charge is 0.335 e. The van der Waals surface area contributed by atoms with Crippen LogP contribution in [0.15, 0.2) is 61.4 Å². The van der Waals surface area contributed by atoms with Crippen molar-refractivity contribution in [3.05, 3.63) is 72.8 Å². The molecule has 0 amide bonds. The van der Waals surface area contributed by atoms with Gasteiger partial charge < -0.3 is 4.98 Å². The van der Waals surface area contributed by atoms with E-state index < -0.39 is 15.7 Å². The van der Waals surface area contributed by atoms with Gasteiger partial charge in [-0.3, -0.25) is 5.10 Å². The molecule has 12 heteroatoms. The van der Waals surface area contributed by atoms with Crippen LogP contribution in [-0.4, -0.2) is 60.5 Å². The van der Waals surface area contributed by atoms with Gasteiger partial charge >= 0.3 is 0 Å². The molecule has 1 aromatic carbocycles. The van der Waals surface area contributed by atoms with Gasteiger partial charge in [-0.05, 0) is 41.8 Å². The first-order valence-electron chi connectivity index (χ1n) is 11.3. The molecule has 2 N–H and O–H groups in total. The fraction of sp³-hybridized carbons (Fsp3) is 0.120. The van der Waals surface area contributed by atoms with Crippen LogP contribution in [0.3, 0.4) is 0 Å². The summed E-state index contributed by atoms with van der Waals surface area (Å²) in [7, 11) is -3.18. The zero-order valence-corrected chi connectivity index (χ0v) is 20.3. The lowest BCUT2D eigenvalue weighted by molar-refractivity contribution is 0.600. The van der Waals surface area contributed by atoms with Gasteiger partial charge in [-0.1, -0.05) is 6.07 Å². The Balaban J connectivity index is 1.44. The van der Waals surface area contributed by atoms with Gasteiger partial charge in [0.15, 0.2) is 17.1 Å². The number of aromatic amines is 2. The first-order chi connectivity index (χ1) is 17.8. The summed E-state index contributed by atoms with van der Waals surface area (Å²) in [6.45, 7) is 0. The summed E-state index contributed by atoms with van der Waals surface area (Å²) in [6.07, 6.45) is 9.56. The van der Waals surface area contributed by atoms with E-state index in [1.807, 2.05) is 6.07 Å². The molecule has 0 saturated heterocycles. The highest BCUT2D eigenvalue weighted by Gasteiger charge is 2.17. The van der Waals surface area contributed by atoms with Gasteiger partial charge in [0.2, 0.25) is 0 Å². The number of benzene rings is 1. The lowest BCUT2D eigenvalue weighted by atomic mass is 10.0. The molecule has 0 radical (unpaired) electrons. The van der Waals surface area contributed by atoms with E-state index >= 15 is 0 Å². The Hall–Kier alpha value is -4.58. The zero-order chi connectivity index (χ0) is 25.6. The molecule has 0 atom stereocenters. The maximum absolute atomic E-state index is 14.5. The topological polar surface area (TPSA) is 143 Å². The molecule has 0 bridgehead atoms. The predicted molar refractivity (Wildman–Crippen MR) is 137 cm³/mol. The number of hydrogen-bond acceptors (Lipinski definition) is 8. The molecule has 6 rings (SSSR count). The van der Waals surface area contributed by atoms with Crippen LogP contribution in [0.5, 0.6) is 0 Å². The molecule has 5 aromatic heterocycles. The van der Waals surface area contributed by atoms with Crippen LogP contribution in [0.1, 0.15) is 5.56 Å². The third kappa shape index (κ3) is 4.54. The Bertz CT molecular complexity index is 1880. The molecular formula is C25H19FN8O2S. The Morgan fingerprint density at radius 1 is 0.946 bits per heavy atom. The summed E-state index contributed by atoms with van der Waals surface area (Å²) in [6, 6.07) is 8.24. The van der Waals surface area contributed by atoms with Gasteiger partial charge in [-0.25, -0.2) is 37.7 Å². The van der Waals surface area contributed by atoms with E-state index in [4.69, 9.17) is 0 Å². The van der Waals surface area contributed by atoms with Crippen LogP contribution in [-0.2, 0) is 16.3 Å². The molecule has 6 aromatic rings. The lowest BCUT2D eigenvalue weighted by Crippen LogP contribution is -2.06. The molecule has 5 heterocycles. The van der Waals surface area contributed by atoms with Crippen molar-refractivity contribution in [1.82, 2.24) is 40.1 Å². The van der Waals surface area contributed by atoms with Crippen molar-refractivity contribution in [1.29, 1.82) is 0 Å². The third-order valence-electron chi connectivity index (χ3n) is 5.96. The molecule has 37 heavy (non-hydrogen) atoms. The fourth-order valence-corrected chi connectivity index (χ4v) is 4.82. The standard InChI is InChI=1S/C25H19FN8O2S/c1-37(35,36)5-3-14-6-15(8-18(26)7-14)19-2-4-29-24-21(19)31-25(32-24)22-20-9-16(12-30-23(20)34-33-22)17-10-27-13-28-11-17/h2,4,6-13H,3,5H2,1H3,(H,29,31,32)(H,30,33,34). The second kappa shape index (κ2) is 8.82. The molecule has 0 saturated carbocycles. The molecule has 0 aliphatic heterocycles. The Morgan fingerprint density at radius 3 is 2.59 bits per heavy atom. The Morgan fingerprint density at radius 2 is 1.78 bits per heavy atom. The second-order valence-corrected chi connectivity index (χ2v) is 11.0.